The molecule has 146 valence electrons. The molecule has 1 aromatic heterocycles. The van der Waals surface area contributed by atoms with Gasteiger partial charge in [-0.05, 0) is 55.2 Å². The number of carbonyl (C=O) groups is 3. The highest BCUT2D eigenvalue weighted by molar-refractivity contribution is 6.02. The maximum absolute atomic E-state index is 12.6. The molecule has 2 aliphatic rings. The lowest BCUT2D eigenvalue weighted by molar-refractivity contribution is -0.149. The number of urea groups is 1. The molecular formula is C20H21N3O5. The predicted molar refractivity (Wildman–Crippen MR) is 101 cm³/mol. The monoisotopic (exact) mass is 383 g/mol. The third-order valence-electron chi connectivity index (χ3n) is 5.72. The number of aliphatic carboxylic acids is 1. The molecule has 2 atom stereocenters. The van der Waals surface area contributed by atoms with Gasteiger partial charge in [0.05, 0.1) is 11.7 Å². The Hall–Kier alpha value is -3.29. The van der Waals surface area contributed by atoms with Crippen molar-refractivity contribution in [1.82, 2.24) is 4.90 Å². The average Bonchev–Trinajstić information content (AvgIpc) is 3.39. The van der Waals surface area contributed by atoms with E-state index in [0.717, 1.165) is 12.8 Å². The fourth-order valence-corrected chi connectivity index (χ4v) is 4.23. The zero-order chi connectivity index (χ0) is 19.7. The number of amides is 3. The second kappa shape index (κ2) is 7.03. The van der Waals surface area contributed by atoms with Gasteiger partial charge >= 0.3 is 12.0 Å². The molecule has 0 radical (unpaired) electrons. The Morgan fingerprint density at radius 3 is 2.43 bits per heavy atom. The molecule has 4 rings (SSSR count). The third kappa shape index (κ3) is 3.21. The van der Waals surface area contributed by atoms with Crippen LogP contribution in [0, 0.1) is 11.3 Å². The number of likely N-dealkylation sites (tertiary alicyclic amines) is 1. The highest BCUT2D eigenvalue weighted by atomic mass is 16.4. The first-order valence-corrected chi connectivity index (χ1v) is 9.22. The van der Waals surface area contributed by atoms with Gasteiger partial charge in [-0.3, -0.25) is 9.59 Å². The van der Waals surface area contributed by atoms with Crippen molar-refractivity contribution < 1.29 is 23.9 Å². The Morgan fingerprint density at radius 1 is 1.11 bits per heavy atom. The predicted octanol–water partition coefficient (Wildman–Crippen LogP) is 3.25. The highest BCUT2D eigenvalue weighted by Crippen LogP contribution is 2.48. The molecular weight excluding hydrogens is 362 g/mol. The Kier molecular flexibility index (Phi) is 4.54. The molecule has 0 unspecified atom stereocenters. The quantitative estimate of drug-likeness (QED) is 0.750. The van der Waals surface area contributed by atoms with Gasteiger partial charge in [-0.15, -0.1) is 0 Å². The van der Waals surface area contributed by atoms with Crippen molar-refractivity contribution in [3.63, 3.8) is 0 Å². The molecule has 8 heteroatoms. The van der Waals surface area contributed by atoms with Crippen LogP contribution in [0.3, 0.4) is 0 Å². The Labute approximate surface area is 161 Å². The number of carboxylic acids is 1. The Morgan fingerprint density at radius 2 is 1.82 bits per heavy atom. The van der Waals surface area contributed by atoms with Crippen molar-refractivity contribution in [2.75, 3.05) is 23.7 Å². The topological polar surface area (TPSA) is 112 Å². The van der Waals surface area contributed by atoms with Gasteiger partial charge in [0.25, 0.3) is 5.91 Å². The Balaban J connectivity index is 1.36. The summed E-state index contributed by atoms with van der Waals surface area (Å²) in [5.74, 6) is -0.925. The summed E-state index contributed by atoms with van der Waals surface area (Å²) in [5.41, 5.74) is 0.347. The molecule has 1 aliphatic heterocycles. The number of benzene rings is 1. The fraction of sp³-hybridized carbons (Fsp3) is 0.350. The molecule has 1 saturated heterocycles. The molecule has 0 bridgehead atoms. The largest absolute Gasteiger partial charge is 0.481 e. The van der Waals surface area contributed by atoms with E-state index >= 15 is 0 Å². The van der Waals surface area contributed by atoms with Crippen molar-refractivity contribution in [3.05, 3.63) is 48.4 Å². The Bertz CT molecular complexity index is 893. The van der Waals surface area contributed by atoms with Crippen LogP contribution in [0.4, 0.5) is 16.2 Å². The number of hydrogen-bond donors (Lipinski definition) is 3. The summed E-state index contributed by atoms with van der Waals surface area (Å²) in [6.45, 7) is 0.714. The minimum Gasteiger partial charge on any atom is -0.481 e. The lowest BCUT2D eigenvalue weighted by atomic mass is 9.81. The summed E-state index contributed by atoms with van der Waals surface area (Å²) < 4.78 is 5.04. The van der Waals surface area contributed by atoms with Gasteiger partial charge in [0.15, 0.2) is 5.76 Å². The average molecular weight is 383 g/mol. The molecule has 0 spiro atoms. The second-order valence-electron chi connectivity index (χ2n) is 7.37. The van der Waals surface area contributed by atoms with Crippen LogP contribution >= 0.6 is 0 Å². The summed E-state index contributed by atoms with van der Waals surface area (Å²) in [4.78, 5) is 37.9. The van der Waals surface area contributed by atoms with Gasteiger partial charge in [-0.2, -0.15) is 0 Å². The van der Waals surface area contributed by atoms with E-state index < -0.39 is 11.4 Å². The number of carboxylic acid groups (broad SMARTS) is 1. The summed E-state index contributed by atoms with van der Waals surface area (Å²) >= 11 is 0. The minimum atomic E-state index is -0.804. The molecule has 2 fully saturated rings. The second-order valence-corrected chi connectivity index (χ2v) is 7.37. The number of nitrogens with one attached hydrogen (secondary N) is 2. The maximum Gasteiger partial charge on any atom is 0.321 e. The number of hydrogen-bond acceptors (Lipinski definition) is 4. The molecule has 28 heavy (non-hydrogen) atoms. The maximum atomic E-state index is 12.6. The van der Waals surface area contributed by atoms with Crippen molar-refractivity contribution >= 4 is 29.3 Å². The van der Waals surface area contributed by atoms with E-state index in [9.17, 15) is 19.5 Å². The van der Waals surface area contributed by atoms with E-state index in [4.69, 9.17) is 4.42 Å². The van der Waals surface area contributed by atoms with Crippen LogP contribution in [0.2, 0.25) is 0 Å². The normalized spacial score (nSPS) is 23.3. The van der Waals surface area contributed by atoms with Crippen molar-refractivity contribution in [3.8, 4) is 0 Å². The van der Waals surface area contributed by atoms with Gasteiger partial charge in [-0.1, -0.05) is 6.42 Å². The molecule has 2 heterocycles. The summed E-state index contributed by atoms with van der Waals surface area (Å²) in [7, 11) is 0. The van der Waals surface area contributed by atoms with Crippen LogP contribution < -0.4 is 10.6 Å². The SMILES string of the molecule is O=C(Nc1ccc(NC(=O)N2C[C@@H]3CCC[C@@]3(C(=O)O)C2)cc1)c1ccco1. The van der Waals surface area contributed by atoms with Gasteiger partial charge in [-0.25, -0.2) is 4.79 Å². The summed E-state index contributed by atoms with van der Waals surface area (Å²) in [6.07, 6.45) is 3.80. The fourth-order valence-electron chi connectivity index (χ4n) is 4.23. The minimum absolute atomic E-state index is 0.0231. The smallest absolute Gasteiger partial charge is 0.321 e. The molecule has 3 amide bonds. The van der Waals surface area contributed by atoms with Crippen LogP contribution in [-0.2, 0) is 4.79 Å². The van der Waals surface area contributed by atoms with Crippen molar-refractivity contribution in [2.24, 2.45) is 11.3 Å². The van der Waals surface area contributed by atoms with E-state index in [-0.39, 0.29) is 30.2 Å². The first-order valence-electron chi connectivity index (χ1n) is 9.22. The zero-order valence-corrected chi connectivity index (χ0v) is 15.2. The van der Waals surface area contributed by atoms with Crippen LogP contribution in [-0.4, -0.2) is 41.0 Å². The third-order valence-corrected chi connectivity index (χ3v) is 5.72. The molecule has 1 aromatic carbocycles. The van der Waals surface area contributed by atoms with E-state index in [1.807, 2.05) is 0 Å². The van der Waals surface area contributed by atoms with Crippen LogP contribution in [0.5, 0.6) is 0 Å². The first kappa shape index (κ1) is 18.1. The molecule has 2 aromatic rings. The molecule has 1 aliphatic carbocycles. The van der Waals surface area contributed by atoms with Crippen molar-refractivity contribution in [2.45, 2.75) is 19.3 Å². The van der Waals surface area contributed by atoms with Gasteiger partial charge in [0, 0.05) is 24.5 Å². The van der Waals surface area contributed by atoms with Crippen molar-refractivity contribution in [1.29, 1.82) is 0 Å². The van der Waals surface area contributed by atoms with Gasteiger partial charge < -0.3 is 25.1 Å². The van der Waals surface area contributed by atoms with E-state index in [2.05, 4.69) is 10.6 Å². The summed E-state index contributed by atoms with van der Waals surface area (Å²) in [5, 5.41) is 15.1. The lowest BCUT2D eigenvalue weighted by Crippen LogP contribution is -2.38. The summed E-state index contributed by atoms with van der Waals surface area (Å²) in [6, 6.07) is 9.61. The van der Waals surface area contributed by atoms with E-state index in [1.165, 1.54) is 6.26 Å². The number of nitrogens with zero attached hydrogens (tertiary/aromatic N) is 1. The molecule has 1 saturated carbocycles. The molecule has 8 nitrogen and oxygen atoms in total. The van der Waals surface area contributed by atoms with Gasteiger partial charge in [0.2, 0.25) is 0 Å². The van der Waals surface area contributed by atoms with Crippen LogP contribution in [0.1, 0.15) is 29.8 Å². The van der Waals surface area contributed by atoms with Crippen LogP contribution in [0.15, 0.2) is 47.1 Å². The highest BCUT2D eigenvalue weighted by Gasteiger charge is 2.55. The number of rotatable bonds is 4. The lowest BCUT2D eigenvalue weighted by Gasteiger charge is -2.23. The first-order chi connectivity index (χ1) is 13.5. The molecule has 3 N–H and O–H groups in total. The number of furan rings is 1. The number of carbonyl (C=O) groups excluding carboxylic acids is 2. The number of anilines is 2. The number of fused-ring (bicyclic) bond motifs is 1. The van der Waals surface area contributed by atoms with Crippen LogP contribution in [0.25, 0.3) is 0 Å². The van der Waals surface area contributed by atoms with E-state index in [1.54, 1.807) is 41.3 Å². The van der Waals surface area contributed by atoms with E-state index in [0.29, 0.717) is 24.3 Å². The van der Waals surface area contributed by atoms with Gasteiger partial charge in [0.1, 0.15) is 0 Å². The standard InChI is InChI=1S/C20H21N3O5/c24-17(16-4-2-10-28-16)21-14-5-7-15(8-6-14)22-19(27)23-11-13-3-1-9-20(13,12-23)18(25)26/h2,4-8,10,13H,1,3,9,11-12H2,(H,21,24)(H,22,27)(H,25,26)/t13-,20+/m0/s1. The zero-order valence-electron chi connectivity index (χ0n) is 15.2.